The predicted octanol–water partition coefficient (Wildman–Crippen LogP) is 2.89. The van der Waals surface area contributed by atoms with Crippen LogP contribution in [0.1, 0.15) is 31.5 Å². The molecule has 0 spiro atoms. The van der Waals surface area contributed by atoms with Crippen molar-refractivity contribution < 1.29 is 4.79 Å². The van der Waals surface area contributed by atoms with Gasteiger partial charge < -0.3 is 0 Å². The summed E-state index contributed by atoms with van der Waals surface area (Å²) in [6, 6.07) is 1.85. The molecule has 0 unspecified atom stereocenters. The molecular weight excluding hydrogens is 232 g/mol. The lowest BCUT2D eigenvalue weighted by atomic mass is 10.1. The van der Waals surface area contributed by atoms with Crippen molar-refractivity contribution in [3.05, 3.63) is 45.2 Å². The van der Waals surface area contributed by atoms with Crippen LogP contribution in [-0.4, -0.2) is 15.8 Å². The van der Waals surface area contributed by atoms with Crippen LogP contribution in [0.5, 0.6) is 0 Å². The summed E-state index contributed by atoms with van der Waals surface area (Å²) in [5.74, 6) is 0.0874. The molecular formula is C13H14N2OS. The Morgan fingerprint density at radius 1 is 1.35 bits per heavy atom. The highest BCUT2D eigenvalue weighted by Crippen LogP contribution is 2.18. The van der Waals surface area contributed by atoms with Crippen LogP contribution in [0.15, 0.2) is 18.5 Å². The van der Waals surface area contributed by atoms with Crippen LogP contribution >= 0.6 is 11.3 Å². The summed E-state index contributed by atoms with van der Waals surface area (Å²) in [5.41, 5.74) is 2.67. The van der Waals surface area contributed by atoms with Crippen molar-refractivity contribution in [2.24, 2.45) is 0 Å². The van der Waals surface area contributed by atoms with E-state index in [-0.39, 0.29) is 5.78 Å². The van der Waals surface area contributed by atoms with E-state index in [9.17, 15) is 4.79 Å². The Morgan fingerprint density at radius 3 is 2.71 bits per heavy atom. The standard InChI is InChI=1S/C13H14N2OS/c1-8-4-5-14-7-11(8)12(16)6-13-15-9(2)10(3)17-13/h4-5,7H,6H2,1-3H3. The van der Waals surface area contributed by atoms with Crippen LogP contribution in [0.2, 0.25) is 0 Å². The summed E-state index contributed by atoms with van der Waals surface area (Å²) in [7, 11) is 0. The molecule has 0 aliphatic carbocycles. The fraction of sp³-hybridized carbons (Fsp3) is 0.308. The zero-order valence-electron chi connectivity index (χ0n) is 10.2. The van der Waals surface area contributed by atoms with Crippen molar-refractivity contribution in [2.75, 3.05) is 0 Å². The molecule has 3 nitrogen and oxygen atoms in total. The number of pyridine rings is 1. The van der Waals surface area contributed by atoms with Crippen LogP contribution in [0.4, 0.5) is 0 Å². The van der Waals surface area contributed by atoms with E-state index in [0.717, 1.165) is 16.3 Å². The van der Waals surface area contributed by atoms with E-state index >= 15 is 0 Å². The van der Waals surface area contributed by atoms with Gasteiger partial charge in [-0.15, -0.1) is 11.3 Å². The van der Waals surface area contributed by atoms with E-state index < -0.39 is 0 Å². The van der Waals surface area contributed by atoms with Crippen molar-refractivity contribution in [3.63, 3.8) is 0 Å². The zero-order chi connectivity index (χ0) is 12.4. The lowest BCUT2D eigenvalue weighted by Gasteiger charge is -2.01. The van der Waals surface area contributed by atoms with Gasteiger partial charge in [0.1, 0.15) is 5.01 Å². The summed E-state index contributed by atoms with van der Waals surface area (Å²) < 4.78 is 0. The van der Waals surface area contributed by atoms with Gasteiger partial charge in [0.15, 0.2) is 5.78 Å². The number of ketones is 1. The normalized spacial score (nSPS) is 10.5. The van der Waals surface area contributed by atoms with Gasteiger partial charge in [0.05, 0.1) is 12.1 Å². The van der Waals surface area contributed by atoms with Crippen molar-refractivity contribution in [2.45, 2.75) is 27.2 Å². The van der Waals surface area contributed by atoms with E-state index in [1.54, 1.807) is 23.7 Å². The van der Waals surface area contributed by atoms with E-state index in [1.165, 1.54) is 4.88 Å². The lowest BCUT2D eigenvalue weighted by Crippen LogP contribution is -2.05. The van der Waals surface area contributed by atoms with E-state index in [4.69, 9.17) is 0 Å². The number of hydrogen-bond donors (Lipinski definition) is 0. The second-order valence-corrected chi connectivity index (χ2v) is 5.33. The largest absolute Gasteiger partial charge is 0.294 e. The third-order valence-corrected chi connectivity index (χ3v) is 3.80. The molecule has 0 bridgehead atoms. The molecule has 0 amide bonds. The highest BCUT2D eigenvalue weighted by atomic mass is 32.1. The molecule has 2 aromatic rings. The maximum atomic E-state index is 12.1. The molecule has 2 heterocycles. The van der Waals surface area contributed by atoms with E-state index in [2.05, 4.69) is 9.97 Å². The third-order valence-electron chi connectivity index (χ3n) is 2.72. The van der Waals surface area contributed by atoms with Crippen LogP contribution < -0.4 is 0 Å². The first-order valence-corrected chi connectivity index (χ1v) is 6.26. The minimum atomic E-state index is 0.0874. The Hall–Kier alpha value is -1.55. The topological polar surface area (TPSA) is 42.9 Å². The molecule has 0 saturated heterocycles. The van der Waals surface area contributed by atoms with Gasteiger partial charge in [-0.05, 0) is 32.4 Å². The van der Waals surface area contributed by atoms with Crippen LogP contribution in [0.3, 0.4) is 0 Å². The molecule has 2 aromatic heterocycles. The Labute approximate surface area is 105 Å². The van der Waals surface area contributed by atoms with Crippen molar-refractivity contribution >= 4 is 17.1 Å². The van der Waals surface area contributed by atoms with Crippen LogP contribution in [0, 0.1) is 20.8 Å². The number of carbonyl (C=O) groups excluding carboxylic acids is 1. The highest BCUT2D eigenvalue weighted by Gasteiger charge is 2.13. The first kappa shape index (κ1) is 11.9. The highest BCUT2D eigenvalue weighted by molar-refractivity contribution is 7.11. The van der Waals surface area contributed by atoms with Gasteiger partial charge in [0.25, 0.3) is 0 Å². The number of Topliss-reactive ketones (excluding diaryl/α,β-unsaturated/α-hetero) is 1. The van der Waals surface area contributed by atoms with Crippen molar-refractivity contribution in [1.29, 1.82) is 0 Å². The summed E-state index contributed by atoms with van der Waals surface area (Å²) in [5, 5.41) is 0.883. The lowest BCUT2D eigenvalue weighted by molar-refractivity contribution is 0.0992. The molecule has 0 radical (unpaired) electrons. The van der Waals surface area contributed by atoms with Gasteiger partial charge in [-0.25, -0.2) is 4.98 Å². The van der Waals surface area contributed by atoms with Crippen molar-refractivity contribution in [1.82, 2.24) is 9.97 Å². The summed E-state index contributed by atoms with van der Waals surface area (Å²) in [4.78, 5) is 21.6. The number of aromatic nitrogens is 2. The molecule has 0 saturated carbocycles. The Balaban J connectivity index is 2.20. The third kappa shape index (κ3) is 2.58. The number of aryl methyl sites for hydroxylation is 3. The van der Waals surface area contributed by atoms with Crippen molar-refractivity contribution in [3.8, 4) is 0 Å². The average molecular weight is 246 g/mol. The van der Waals surface area contributed by atoms with E-state index in [0.29, 0.717) is 12.0 Å². The van der Waals surface area contributed by atoms with Gasteiger partial charge in [-0.2, -0.15) is 0 Å². The maximum Gasteiger partial charge on any atom is 0.171 e. The average Bonchev–Trinajstić information content (AvgIpc) is 2.58. The Bertz CT molecular complexity index is 541. The van der Waals surface area contributed by atoms with Crippen LogP contribution in [0.25, 0.3) is 0 Å². The Morgan fingerprint density at radius 2 is 2.12 bits per heavy atom. The second-order valence-electron chi connectivity index (χ2n) is 4.04. The number of hydrogen-bond acceptors (Lipinski definition) is 4. The number of rotatable bonds is 3. The molecule has 0 fully saturated rings. The molecule has 0 aromatic carbocycles. The second kappa shape index (κ2) is 4.75. The Kier molecular flexibility index (Phi) is 3.33. The number of carbonyl (C=O) groups is 1. The number of nitrogens with zero attached hydrogens (tertiary/aromatic N) is 2. The SMILES string of the molecule is Cc1ccncc1C(=O)Cc1nc(C)c(C)s1. The quantitative estimate of drug-likeness (QED) is 0.782. The van der Waals surface area contributed by atoms with Gasteiger partial charge in [-0.1, -0.05) is 0 Å². The molecule has 0 aliphatic heterocycles. The number of thiazole rings is 1. The van der Waals surface area contributed by atoms with Gasteiger partial charge in [0.2, 0.25) is 0 Å². The fourth-order valence-corrected chi connectivity index (χ4v) is 2.54. The maximum absolute atomic E-state index is 12.1. The van der Waals surface area contributed by atoms with Gasteiger partial charge >= 0.3 is 0 Å². The molecule has 17 heavy (non-hydrogen) atoms. The molecule has 4 heteroatoms. The van der Waals surface area contributed by atoms with Gasteiger partial charge in [-0.3, -0.25) is 9.78 Å². The fourth-order valence-electron chi connectivity index (χ4n) is 1.60. The monoisotopic (exact) mass is 246 g/mol. The minimum Gasteiger partial charge on any atom is -0.294 e. The summed E-state index contributed by atoms with van der Waals surface area (Å²) >= 11 is 1.59. The molecule has 0 atom stereocenters. The van der Waals surface area contributed by atoms with Gasteiger partial charge in [0, 0.05) is 22.8 Å². The molecule has 0 aliphatic rings. The van der Waals surface area contributed by atoms with Crippen LogP contribution in [-0.2, 0) is 6.42 Å². The summed E-state index contributed by atoms with van der Waals surface area (Å²) in [6.07, 6.45) is 3.70. The molecule has 0 N–H and O–H groups in total. The predicted molar refractivity (Wildman–Crippen MR) is 68.6 cm³/mol. The smallest absolute Gasteiger partial charge is 0.171 e. The molecule has 2 rings (SSSR count). The first-order chi connectivity index (χ1) is 8.08. The minimum absolute atomic E-state index is 0.0874. The summed E-state index contributed by atoms with van der Waals surface area (Å²) in [6.45, 7) is 5.92. The zero-order valence-corrected chi connectivity index (χ0v) is 11.0. The first-order valence-electron chi connectivity index (χ1n) is 5.44. The molecule has 88 valence electrons. The van der Waals surface area contributed by atoms with E-state index in [1.807, 2.05) is 26.8 Å².